The Morgan fingerprint density at radius 1 is 1.27 bits per heavy atom. The van der Waals surface area contributed by atoms with Crippen molar-refractivity contribution in [2.45, 2.75) is 32.7 Å². The number of carbonyl (C=O) groups excluding carboxylic acids is 2. The van der Waals surface area contributed by atoms with Gasteiger partial charge in [0.1, 0.15) is 17.2 Å². The van der Waals surface area contributed by atoms with E-state index in [0.29, 0.717) is 34.9 Å². The Morgan fingerprint density at radius 2 is 2.12 bits per heavy atom. The van der Waals surface area contributed by atoms with Crippen LogP contribution in [0.2, 0.25) is 0 Å². The predicted molar refractivity (Wildman–Crippen MR) is 126 cm³/mol. The summed E-state index contributed by atoms with van der Waals surface area (Å²) in [5.74, 6) is -0.756. The molecule has 4 aromatic rings. The van der Waals surface area contributed by atoms with Crippen molar-refractivity contribution in [3.05, 3.63) is 63.7 Å². The summed E-state index contributed by atoms with van der Waals surface area (Å²) in [5.41, 5.74) is 1.46. The third-order valence-corrected chi connectivity index (χ3v) is 7.65. The van der Waals surface area contributed by atoms with Crippen LogP contribution >= 0.6 is 22.7 Å². The van der Waals surface area contributed by atoms with Crippen LogP contribution in [0.5, 0.6) is 0 Å². The Balaban J connectivity index is 1.33. The molecular formula is C23H22FN5O2S2. The van der Waals surface area contributed by atoms with Crippen molar-refractivity contribution in [1.29, 1.82) is 0 Å². The van der Waals surface area contributed by atoms with E-state index in [4.69, 9.17) is 0 Å². The molecule has 0 aliphatic carbocycles. The number of benzene rings is 1. The van der Waals surface area contributed by atoms with Crippen molar-refractivity contribution in [3.63, 3.8) is 0 Å². The number of hydrogen-bond acceptors (Lipinski definition) is 6. The number of likely N-dealkylation sites (tertiary alicyclic amines) is 1. The summed E-state index contributed by atoms with van der Waals surface area (Å²) >= 11 is 2.91. The fraction of sp³-hybridized carbons (Fsp3) is 0.304. The number of imidazole rings is 1. The highest BCUT2D eigenvalue weighted by molar-refractivity contribution is 7.17. The highest BCUT2D eigenvalue weighted by Crippen LogP contribution is 2.32. The minimum atomic E-state index is -0.353. The number of hydrogen-bond donors (Lipinski definition) is 1. The molecule has 3 aromatic heterocycles. The molecule has 0 radical (unpaired) electrons. The first-order chi connectivity index (χ1) is 15.9. The molecule has 4 heterocycles. The van der Waals surface area contributed by atoms with E-state index in [1.54, 1.807) is 27.6 Å². The van der Waals surface area contributed by atoms with E-state index in [0.717, 1.165) is 27.7 Å². The van der Waals surface area contributed by atoms with Gasteiger partial charge in [0.25, 0.3) is 11.8 Å². The van der Waals surface area contributed by atoms with Crippen LogP contribution < -0.4 is 5.32 Å². The molecule has 5 rings (SSSR count). The molecule has 1 atom stereocenters. The highest BCUT2D eigenvalue weighted by atomic mass is 32.1. The molecule has 10 heteroatoms. The van der Waals surface area contributed by atoms with Crippen molar-refractivity contribution >= 4 is 39.4 Å². The van der Waals surface area contributed by atoms with Crippen LogP contribution in [0.25, 0.3) is 15.4 Å². The normalized spacial score (nSPS) is 16.0. The molecular weight excluding hydrogens is 461 g/mol. The van der Waals surface area contributed by atoms with Crippen LogP contribution in [0.3, 0.4) is 0 Å². The molecule has 1 aliphatic rings. The number of nitrogens with one attached hydrogen (secondary N) is 1. The quantitative estimate of drug-likeness (QED) is 0.459. The van der Waals surface area contributed by atoms with Crippen molar-refractivity contribution < 1.29 is 14.0 Å². The van der Waals surface area contributed by atoms with Gasteiger partial charge in [-0.05, 0) is 44.4 Å². The van der Waals surface area contributed by atoms with Gasteiger partial charge in [0.15, 0.2) is 4.96 Å². The number of halogens is 1. The first kappa shape index (κ1) is 21.7. The van der Waals surface area contributed by atoms with Crippen LogP contribution in [0.4, 0.5) is 4.39 Å². The van der Waals surface area contributed by atoms with Gasteiger partial charge >= 0.3 is 0 Å². The lowest BCUT2D eigenvalue weighted by Crippen LogP contribution is -2.43. The Kier molecular flexibility index (Phi) is 5.71. The molecule has 0 unspecified atom stereocenters. The molecule has 2 amide bonds. The van der Waals surface area contributed by atoms with Gasteiger partial charge in [0.05, 0.1) is 16.1 Å². The van der Waals surface area contributed by atoms with Crippen LogP contribution in [0, 0.1) is 19.7 Å². The van der Waals surface area contributed by atoms with Gasteiger partial charge in [0.2, 0.25) is 0 Å². The maximum Gasteiger partial charge on any atom is 0.274 e. The van der Waals surface area contributed by atoms with E-state index in [1.165, 1.54) is 34.8 Å². The summed E-state index contributed by atoms with van der Waals surface area (Å²) in [6, 6.07) is 6.09. The fourth-order valence-corrected chi connectivity index (χ4v) is 5.92. The number of nitrogens with zero attached hydrogens (tertiary/aromatic N) is 4. The largest absolute Gasteiger partial charge is 0.349 e. The minimum Gasteiger partial charge on any atom is -0.349 e. The van der Waals surface area contributed by atoms with E-state index < -0.39 is 0 Å². The Labute approximate surface area is 197 Å². The van der Waals surface area contributed by atoms with Gasteiger partial charge < -0.3 is 10.2 Å². The maximum atomic E-state index is 13.8. The third-order valence-electron chi connectivity index (χ3n) is 5.72. The van der Waals surface area contributed by atoms with E-state index in [9.17, 15) is 14.0 Å². The van der Waals surface area contributed by atoms with Crippen LogP contribution in [-0.4, -0.2) is 50.2 Å². The van der Waals surface area contributed by atoms with Gasteiger partial charge in [0, 0.05) is 30.2 Å². The lowest BCUT2D eigenvalue weighted by molar-refractivity contribution is 0.0720. The number of thiazole rings is 2. The summed E-state index contributed by atoms with van der Waals surface area (Å²) in [6.07, 6.45) is 5.11. The van der Waals surface area contributed by atoms with Crippen molar-refractivity contribution in [1.82, 2.24) is 24.6 Å². The number of aromatic nitrogens is 3. The van der Waals surface area contributed by atoms with Crippen molar-refractivity contribution in [2.75, 3.05) is 13.1 Å². The topological polar surface area (TPSA) is 79.6 Å². The average molecular weight is 484 g/mol. The zero-order chi connectivity index (χ0) is 23.1. The molecule has 1 fully saturated rings. The summed E-state index contributed by atoms with van der Waals surface area (Å²) in [6.45, 7) is 4.75. The summed E-state index contributed by atoms with van der Waals surface area (Å²) in [4.78, 5) is 39.3. The van der Waals surface area contributed by atoms with Gasteiger partial charge in [-0.15, -0.1) is 22.7 Å². The predicted octanol–water partition coefficient (Wildman–Crippen LogP) is 4.31. The fourth-order valence-electron chi connectivity index (χ4n) is 4.21. The molecule has 1 saturated heterocycles. The van der Waals surface area contributed by atoms with E-state index in [-0.39, 0.29) is 23.7 Å². The van der Waals surface area contributed by atoms with Crippen LogP contribution in [-0.2, 0) is 0 Å². The van der Waals surface area contributed by atoms with E-state index >= 15 is 0 Å². The summed E-state index contributed by atoms with van der Waals surface area (Å²) in [5, 5.41) is 3.71. The molecule has 1 N–H and O–H groups in total. The molecule has 1 aliphatic heterocycles. The van der Waals surface area contributed by atoms with Gasteiger partial charge in [-0.2, -0.15) is 0 Å². The maximum absolute atomic E-state index is 13.8. The Bertz CT molecular complexity index is 1360. The molecule has 0 bridgehead atoms. The monoisotopic (exact) mass is 483 g/mol. The first-order valence-electron chi connectivity index (χ1n) is 10.7. The SMILES string of the molecule is Cc1cn2c(C(=O)NC[C@@H]3CCCN3C(=O)c3nc(C)sc3-c3cccc(F)c3)cnc2s1. The molecule has 33 heavy (non-hydrogen) atoms. The second-order valence-corrected chi connectivity index (χ2v) is 10.5. The molecule has 0 spiro atoms. The van der Waals surface area contributed by atoms with Gasteiger partial charge in [-0.25, -0.2) is 14.4 Å². The second-order valence-electron chi connectivity index (χ2n) is 8.06. The zero-order valence-electron chi connectivity index (χ0n) is 18.2. The smallest absolute Gasteiger partial charge is 0.274 e. The molecule has 170 valence electrons. The lowest BCUT2D eigenvalue weighted by Gasteiger charge is -2.24. The first-order valence-corrected chi connectivity index (χ1v) is 12.3. The average Bonchev–Trinajstić information content (AvgIpc) is 3.55. The Hall–Kier alpha value is -3.11. The number of carbonyl (C=O) groups is 2. The molecule has 7 nitrogen and oxygen atoms in total. The van der Waals surface area contributed by atoms with E-state index in [1.807, 2.05) is 20.0 Å². The zero-order valence-corrected chi connectivity index (χ0v) is 19.8. The number of rotatable bonds is 5. The van der Waals surface area contributed by atoms with Crippen molar-refractivity contribution in [2.24, 2.45) is 0 Å². The van der Waals surface area contributed by atoms with Crippen molar-refractivity contribution in [3.8, 4) is 10.4 Å². The van der Waals surface area contributed by atoms with Gasteiger partial charge in [-0.3, -0.25) is 14.0 Å². The Morgan fingerprint density at radius 3 is 2.94 bits per heavy atom. The number of fused-ring (bicyclic) bond motifs is 1. The summed E-state index contributed by atoms with van der Waals surface area (Å²) in [7, 11) is 0. The second kappa shape index (κ2) is 8.68. The third kappa shape index (κ3) is 4.16. The van der Waals surface area contributed by atoms with Gasteiger partial charge in [-0.1, -0.05) is 12.1 Å². The van der Waals surface area contributed by atoms with Crippen LogP contribution in [0.1, 0.15) is 43.7 Å². The molecule has 0 saturated carbocycles. The van der Waals surface area contributed by atoms with E-state index in [2.05, 4.69) is 15.3 Å². The van der Waals surface area contributed by atoms with Crippen LogP contribution in [0.15, 0.2) is 36.7 Å². The molecule has 1 aromatic carbocycles. The minimum absolute atomic E-state index is 0.128. The lowest BCUT2D eigenvalue weighted by atomic mass is 10.1. The number of amides is 2. The number of aryl methyl sites for hydroxylation is 2. The highest BCUT2D eigenvalue weighted by Gasteiger charge is 2.33. The summed E-state index contributed by atoms with van der Waals surface area (Å²) < 4.78 is 15.6. The standard InChI is InChI=1S/C23H22FN5O2S2/c1-13-12-29-18(11-26-23(29)32-13)21(30)25-10-17-7-4-8-28(17)22(31)19-20(33-14(2)27-19)15-5-3-6-16(24)9-15/h3,5-6,9,11-12,17H,4,7-8,10H2,1-2H3,(H,25,30)/t17-/m0/s1.